The molecule has 1 aromatic heterocycles. The van der Waals surface area contributed by atoms with Gasteiger partial charge in [-0.15, -0.1) is 0 Å². The summed E-state index contributed by atoms with van der Waals surface area (Å²) in [5.41, 5.74) is 0.348. The van der Waals surface area contributed by atoms with Gasteiger partial charge in [0.15, 0.2) is 0 Å². The number of alkyl halides is 3. The van der Waals surface area contributed by atoms with Crippen LogP contribution in [0.4, 0.5) is 13.2 Å². The van der Waals surface area contributed by atoms with E-state index < -0.39 is 29.5 Å². The van der Waals surface area contributed by atoms with Crippen LogP contribution in [-0.2, 0) is 16.0 Å². The van der Waals surface area contributed by atoms with Crippen molar-refractivity contribution in [3.8, 4) is 6.07 Å². The number of amides is 2. The number of halogens is 3. The van der Waals surface area contributed by atoms with Gasteiger partial charge in [-0.05, 0) is 19.8 Å². The predicted octanol–water partition coefficient (Wildman–Crippen LogP) is 1.72. The second-order valence-corrected chi connectivity index (χ2v) is 6.59. The van der Waals surface area contributed by atoms with Gasteiger partial charge in [0.2, 0.25) is 5.91 Å². The molecule has 1 atom stereocenters. The van der Waals surface area contributed by atoms with E-state index >= 15 is 0 Å². The van der Waals surface area contributed by atoms with Gasteiger partial charge in [-0.1, -0.05) is 11.8 Å². The van der Waals surface area contributed by atoms with Crippen molar-refractivity contribution in [3.05, 3.63) is 28.8 Å². The van der Waals surface area contributed by atoms with E-state index in [2.05, 4.69) is 9.97 Å². The Morgan fingerprint density at radius 1 is 1.54 bits per heavy atom. The maximum absolute atomic E-state index is 12.5. The van der Waals surface area contributed by atoms with E-state index in [9.17, 15) is 28.0 Å². The summed E-state index contributed by atoms with van der Waals surface area (Å²) in [7, 11) is 0. The first-order valence-electron chi connectivity index (χ1n) is 7.71. The second kappa shape index (κ2) is 8.27. The summed E-state index contributed by atoms with van der Waals surface area (Å²) >= 11 is 1.02. The molecule has 0 radical (unpaired) electrons. The average molecular weight is 387 g/mol. The number of H-pyrrole nitrogens is 1. The zero-order valence-corrected chi connectivity index (χ0v) is 14.6. The Kier molecular flexibility index (Phi) is 6.31. The molecule has 1 fully saturated rings. The maximum Gasteiger partial charge on any atom is 0.405 e. The molecule has 1 aliphatic heterocycles. The number of hydrogen-bond donors (Lipinski definition) is 2. The lowest BCUT2D eigenvalue weighted by Crippen LogP contribution is -2.36. The summed E-state index contributed by atoms with van der Waals surface area (Å²) in [5.74, 6) is -1.42. The van der Waals surface area contributed by atoms with Crippen LogP contribution in [0.2, 0.25) is 0 Å². The van der Waals surface area contributed by atoms with Crippen molar-refractivity contribution in [2.24, 2.45) is 0 Å². The fourth-order valence-electron chi connectivity index (χ4n) is 2.37. The molecule has 26 heavy (non-hydrogen) atoms. The Hall–Kier alpha value is -2.48. The molecule has 0 aliphatic carbocycles. The minimum atomic E-state index is -4.59. The van der Waals surface area contributed by atoms with Gasteiger partial charge in [0, 0.05) is 18.4 Å². The van der Waals surface area contributed by atoms with Crippen molar-refractivity contribution < 1.29 is 22.8 Å². The molecule has 2 N–H and O–H groups in total. The molecule has 0 spiro atoms. The smallest absolute Gasteiger partial charge is 0.348 e. The van der Waals surface area contributed by atoms with E-state index in [0.717, 1.165) is 17.5 Å². The lowest BCUT2D eigenvalue weighted by Gasteiger charge is -2.16. The van der Waals surface area contributed by atoms with Crippen LogP contribution in [0, 0.1) is 11.3 Å². The highest BCUT2D eigenvalue weighted by Crippen LogP contribution is 2.39. The van der Waals surface area contributed by atoms with E-state index in [0.29, 0.717) is 12.8 Å². The summed E-state index contributed by atoms with van der Waals surface area (Å²) in [6, 6.07) is 1.62. The van der Waals surface area contributed by atoms with E-state index in [-0.39, 0.29) is 17.5 Å². The molecule has 11 heteroatoms. The minimum absolute atomic E-state index is 0.0919. The highest BCUT2D eigenvalue weighted by atomic mass is 32.2. The minimum Gasteiger partial charge on any atom is -0.348 e. The van der Waals surface area contributed by atoms with Crippen LogP contribution in [0.5, 0.6) is 0 Å². The molecule has 1 saturated heterocycles. The number of nitriles is 1. The molecule has 2 rings (SSSR count). The van der Waals surface area contributed by atoms with Crippen molar-refractivity contribution in [1.82, 2.24) is 20.2 Å². The van der Waals surface area contributed by atoms with Gasteiger partial charge in [0.1, 0.15) is 23.2 Å². The monoisotopic (exact) mass is 387 g/mol. The van der Waals surface area contributed by atoms with Crippen LogP contribution in [0.1, 0.15) is 19.0 Å². The number of aryl methyl sites for hydroxylation is 1. The van der Waals surface area contributed by atoms with Crippen LogP contribution < -0.4 is 5.32 Å². The van der Waals surface area contributed by atoms with Crippen molar-refractivity contribution in [1.29, 1.82) is 5.26 Å². The van der Waals surface area contributed by atoms with Crippen LogP contribution in [-0.4, -0.2) is 51.2 Å². The van der Waals surface area contributed by atoms with E-state index in [1.54, 1.807) is 24.5 Å². The molecule has 1 aliphatic rings. The number of aromatic amines is 1. The van der Waals surface area contributed by atoms with Gasteiger partial charge < -0.3 is 15.2 Å². The number of nitrogens with zero attached hydrogens (tertiary/aromatic N) is 3. The first-order valence-corrected chi connectivity index (χ1v) is 8.59. The standard InChI is InChI=1S/C15H16F3N5O2S/c1-2-23-13(25)11(4-3-9-6-20-8-22-9)26-14(23)10(5-19)12(24)21-7-15(16,17)18/h6,8,11H,2-4,7H2,1H3,(H,20,22)(H,21,24)/b14-10-. The van der Waals surface area contributed by atoms with Gasteiger partial charge >= 0.3 is 6.18 Å². The zero-order chi connectivity index (χ0) is 19.3. The van der Waals surface area contributed by atoms with Gasteiger partial charge in [0.05, 0.1) is 11.6 Å². The summed E-state index contributed by atoms with van der Waals surface area (Å²) in [5, 5.41) is 10.5. The molecule has 0 bridgehead atoms. The topological polar surface area (TPSA) is 102 Å². The number of thioether (sulfide) groups is 1. The SMILES string of the molecule is CCN1C(=O)C(CCc2cnc[nH]2)S/C1=C(/C#N)C(=O)NCC(F)(F)F. The largest absolute Gasteiger partial charge is 0.405 e. The molecule has 2 amide bonds. The van der Waals surface area contributed by atoms with Crippen molar-refractivity contribution in [2.75, 3.05) is 13.1 Å². The quantitative estimate of drug-likeness (QED) is 0.572. The molecular formula is C15H16F3N5O2S. The van der Waals surface area contributed by atoms with Crippen LogP contribution in [0.25, 0.3) is 0 Å². The molecular weight excluding hydrogens is 371 g/mol. The molecule has 7 nitrogen and oxygen atoms in total. The summed E-state index contributed by atoms with van der Waals surface area (Å²) in [4.78, 5) is 32.5. The van der Waals surface area contributed by atoms with Gasteiger partial charge in [-0.2, -0.15) is 18.4 Å². The van der Waals surface area contributed by atoms with Crippen LogP contribution >= 0.6 is 11.8 Å². The number of carbonyl (C=O) groups excluding carboxylic acids is 2. The summed E-state index contributed by atoms with van der Waals surface area (Å²) in [6.07, 6.45) is -0.466. The third kappa shape index (κ3) is 4.78. The Morgan fingerprint density at radius 2 is 2.27 bits per heavy atom. The van der Waals surface area contributed by atoms with Crippen molar-refractivity contribution in [3.63, 3.8) is 0 Å². The third-order valence-corrected chi connectivity index (χ3v) is 4.96. The predicted molar refractivity (Wildman–Crippen MR) is 87.4 cm³/mol. The lowest BCUT2D eigenvalue weighted by atomic mass is 10.2. The number of nitrogens with one attached hydrogen (secondary N) is 2. The summed E-state index contributed by atoms with van der Waals surface area (Å²) in [6.45, 7) is 0.329. The molecule has 0 aromatic carbocycles. The normalized spacial score (nSPS) is 19.4. The van der Waals surface area contributed by atoms with E-state index in [1.165, 1.54) is 11.2 Å². The number of imidazole rings is 1. The lowest BCUT2D eigenvalue weighted by molar-refractivity contribution is -0.136. The zero-order valence-electron chi connectivity index (χ0n) is 13.8. The molecule has 0 saturated carbocycles. The van der Waals surface area contributed by atoms with Gasteiger partial charge in [-0.3, -0.25) is 9.59 Å². The Morgan fingerprint density at radius 3 is 2.81 bits per heavy atom. The fraction of sp³-hybridized carbons (Fsp3) is 0.467. The Labute approximate surface area is 151 Å². The number of rotatable bonds is 6. The third-order valence-electron chi connectivity index (χ3n) is 3.59. The van der Waals surface area contributed by atoms with Crippen molar-refractivity contribution in [2.45, 2.75) is 31.2 Å². The first kappa shape index (κ1) is 19.8. The Balaban J connectivity index is 2.16. The number of carbonyl (C=O) groups is 2. The van der Waals surface area contributed by atoms with Gasteiger partial charge in [-0.25, -0.2) is 4.98 Å². The number of aromatic nitrogens is 2. The molecule has 1 unspecified atom stereocenters. The van der Waals surface area contributed by atoms with Crippen molar-refractivity contribution >= 4 is 23.6 Å². The van der Waals surface area contributed by atoms with E-state index in [4.69, 9.17) is 0 Å². The molecule has 2 heterocycles. The summed E-state index contributed by atoms with van der Waals surface area (Å²) < 4.78 is 36.8. The maximum atomic E-state index is 12.5. The van der Waals surface area contributed by atoms with Crippen LogP contribution in [0.3, 0.4) is 0 Å². The molecule has 1 aromatic rings. The fourth-order valence-corrected chi connectivity index (χ4v) is 3.71. The second-order valence-electron chi connectivity index (χ2n) is 5.39. The Bertz CT molecular complexity index is 739. The van der Waals surface area contributed by atoms with Gasteiger partial charge in [0.25, 0.3) is 5.91 Å². The highest BCUT2D eigenvalue weighted by Gasteiger charge is 2.39. The number of hydrogen-bond acceptors (Lipinski definition) is 5. The van der Waals surface area contributed by atoms with E-state index in [1.807, 2.05) is 0 Å². The molecule has 140 valence electrons. The first-order chi connectivity index (χ1) is 12.3. The average Bonchev–Trinajstić information content (AvgIpc) is 3.19. The highest BCUT2D eigenvalue weighted by molar-refractivity contribution is 8.04. The van der Waals surface area contributed by atoms with Crippen LogP contribution in [0.15, 0.2) is 23.1 Å².